The number of carboxylic acid groups (broad SMARTS) is 1. The molecule has 0 bridgehead atoms. The van der Waals surface area contributed by atoms with Gasteiger partial charge < -0.3 is 25.4 Å². The second kappa shape index (κ2) is 6.41. The SMILES string of the molecule is CN1CCCC1CNC(=O)NC1(C(=O)O)CCOCC1. The fourth-order valence-electron chi connectivity index (χ4n) is 2.82. The number of ether oxygens (including phenoxy) is 1. The molecule has 7 heteroatoms. The zero-order chi connectivity index (χ0) is 14.6. The van der Waals surface area contributed by atoms with E-state index in [0.29, 0.717) is 38.6 Å². The number of carbonyl (C=O) groups is 2. The number of likely N-dealkylation sites (N-methyl/N-ethyl adjacent to an activating group) is 1. The van der Waals surface area contributed by atoms with Gasteiger partial charge in [-0.1, -0.05) is 0 Å². The van der Waals surface area contributed by atoms with Gasteiger partial charge in [-0.25, -0.2) is 9.59 Å². The molecule has 3 N–H and O–H groups in total. The van der Waals surface area contributed by atoms with Crippen LogP contribution in [0.3, 0.4) is 0 Å². The number of nitrogens with one attached hydrogen (secondary N) is 2. The van der Waals surface area contributed by atoms with Crippen molar-refractivity contribution in [2.24, 2.45) is 0 Å². The number of carboxylic acids is 1. The minimum atomic E-state index is -1.19. The highest BCUT2D eigenvalue weighted by molar-refractivity contribution is 5.86. The fraction of sp³-hybridized carbons (Fsp3) is 0.846. The molecule has 114 valence electrons. The average molecular weight is 285 g/mol. The third kappa shape index (κ3) is 3.40. The van der Waals surface area contributed by atoms with Gasteiger partial charge in [0.15, 0.2) is 0 Å². The zero-order valence-electron chi connectivity index (χ0n) is 11.9. The van der Waals surface area contributed by atoms with E-state index in [4.69, 9.17) is 4.74 Å². The summed E-state index contributed by atoms with van der Waals surface area (Å²) in [5.74, 6) is -0.992. The summed E-state index contributed by atoms with van der Waals surface area (Å²) in [6.07, 6.45) is 2.81. The van der Waals surface area contributed by atoms with E-state index >= 15 is 0 Å². The maximum Gasteiger partial charge on any atom is 0.329 e. The van der Waals surface area contributed by atoms with Gasteiger partial charge in [0.05, 0.1) is 0 Å². The van der Waals surface area contributed by atoms with Gasteiger partial charge in [-0.15, -0.1) is 0 Å². The summed E-state index contributed by atoms with van der Waals surface area (Å²) in [7, 11) is 2.04. The molecule has 0 aromatic heterocycles. The van der Waals surface area contributed by atoms with E-state index < -0.39 is 17.5 Å². The lowest BCUT2D eigenvalue weighted by atomic mass is 9.90. The summed E-state index contributed by atoms with van der Waals surface area (Å²) in [4.78, 5) is 25.6. The molecule has 2 fully saturated rings. The maximum absolute atomic E-state index is 11.9. The van der Waals surface area contributed by atoms with E-state index in [2.05, 4.69) is 15.5 Å². The largest absolute Gasteiger partial charge is 0.480 e. The van der Waals surface area contributed by atoms with Crippen LogP contribution in [-0.2, 0) is 9.53 Å². The monoisotopic (exact) mass is 285 g/mol. The van der Waals surface area contributed by atoms with E-state index in [1.54, 1.807) is 0 Å². The molecule has 2 aliphatic rings. The van der Waals surface area contributed by atoms with Crippen LogP contribution in [0.5, 0.6) is 0 Å². The number of likely N-dealkylation sites (tertiary alicyclic amines) is 1. The Kier molecular flexibility index (Phi) is 4.82. The van der Waals surface area contributed by atoms with Crippen LogP contribution in [0.15, 0.2) is 0 Å². The molecular weight excluding hydrogens is 262 g/mol. The molecule has 1 atom stereocenters. The van der Waals surface area contributed by atoms with Crippen LogP contribution >= 0.6 is 0 Å². The Labute approximate surface area is 118 Å². The molecule has 0 saturated carbocycles. The van der Waals surface area contributed by atoms with Gasteiger partial charge in [-0.2, -0.15) is 0 Å². The van der Waals surface area contributed by atoms with Crippen molar-refractivity contribution in [2.75, 3.05) is 33.4 Å². The number of aliphatic carboxylic acids is 1. The Balaban J connectivity index is 1.84. The van der Waals surface area contributed by atoms with Gasteiger partial charge in [0.25, 0.3) is 0 Å². The lowest BCUT2D eigenvalue weighted by Crippen LogP contribution is -2.60. The quantitative estimate of drug-likeness (QED) is 0.677. The normalized spacial score (nSPS) is 26.1. The second-order valence-corrected chi connectivity index (χ2v) is 5.61. The number of rotatable bonds is 4. The third-order valence-electron chi connectivity index (χ3n) is 4.28. The Morgan fingerprint density at radius 1 is 1.40 bits per heavy atom. The molecule has 2 saturated heterocycles. The molecular formula is C13H23N3O4. The molecule has 0 aromatic rings. The highest BCUT2D eigenvalue weighted by Crippen LogP contribution is 2.21. The topological polar surface area (TPSA) is 90.9 Å². The minimum absolute atomic E-state index is 0.305. The highest BCUT2D eigenvalue weighted by atomic mass is 16.5. The van der Waals surface area contributed by atoms with Gasteiger partial charge in [-0.05, 0) is 26.4 Å². The van der Waals surface area contributed by atoms with Crippen molar-refractivity contribution in [1.82, 2.24) is 15.5 Å². The molecule has 0 aliphatic carbocycles. The molecule has 7 nitrogen and oxygen atoms in total. The highest BCUT2D eigenvalue weighted by Gasteiger charge is 2.41. The molecule has 1 unspecified atom stereocenters. The number of nitrogens with zero attached hydrogens (tertiary/aromatic N) is 1. The van der Waals surface area contributed by atoms with Gasteiger partial charge >= 0.3 is 12.0 Å². The summed E-state index contributed by atoms with van der Waals surface area (Å²) in [6, 6.07) is -0.0641. The number of hydrogen-bond donors (Lipinski definition) is 3. The van der Waals surface area contributed by atoms with Crippen LogP contribution in [-0.4, -0.2) is 66.9 Å². The van der Waals surface area contributed by atoms with Crippen molar-refractivity contribution in [2.45, 2.75) is 37.3 Å². The van der Waals surface area contributed by atoms with Crippen molar-refractivity contribution in [3.8, 4) is 0 Å². The van der Waals surface area contributed by atoms with Crippen LogP contribution < -0.4 is 10.6 Å². The maximum atomic E-state index is 11.9. The van der Waals surface area contributed by atoms with Gasteiger partial charge in [0.1, 0.15) is 5.54 Å². The van der Waals surface area contributed by atoms with Gasteiger partial charge in [-0.3, -0.25) is 0 Å². The Hall–Kier alpha value is -1.34. The summed E-state index contributed by atoms with van der Waals surface area (Å²) >= 11 is 0. The first-order chi connectivity index (χ1) is 9.53. The van der Waals surface area contributed by atoms with Crippen LogP contribution in [0.2, 0.25) is 0 Å². The predicted octanol–water partition coefficient (Wildman–Crippen LogP) is 0.0136. The Bertz CT molecular complexity index is 369. The number of carbonyl (C=O) groups excluding carboxylic acids is 1. The predicted molar refractivity (Wildman–Crippen MR) is 72.6 cm³/mol. The summed E-state index contributed by atoms with van der Waals surface area (Å²) in [5, 5.41) is 14.8. The van der Waals surface area contributed by atoms with Crippen molar-refractivity contribution in [3.63, 3.8) is 0 Å². The average Bonchev–Trinajstić information content (AvgIpc) is 2.83. The van der Waals surface area contributed by atoms with Crippen LogP contribution in [0.1, 0.15) is 25.7 Å². The molecule has 0 spiro atoms. The summed E-state index contributed by atoms with van der Waals surface area (Å²) in [5.41, 5.74) is -1.19. The molecule has 2 heterocycles. The molecule has 0 radical (unpaired) electrons. The fourth-order valence-corrected chi connectivity index (χ4v) is 2.82. The number of amides is 2. The third-order valence-corrected chi connectivity index (χ3v) is 4.28. The minimum Gasteiger partial charge on any atom is -0.480 e. The van der Waals surface area contributed by atoms with Crippen molar-refractivity contribution in [3.05, 3.63) is 0 Å². The van der Waals surface area contributed by atoms with Crippen LogP contribution in [0, 0.1) is 0 Å². The van der Waals surface area contributed by atoms with E-state index in [1.165, 1.54) is 0 Å². The molecule has 2 rings (SSSR count). The van der Waals surface area contributed by atoms with Gasteiger partial charge in [0, 0.05) is 38.6 Å². The van der Waals surface area contributed by atoms with Crippen molar-refractivity contribution < 1.29 is 19.4 Å². The number of urea groups is 1. The smallest absolute Gasteiger partial charge is 0.329 e. The van der Waals surface area contributed by atoms with E-state index in [-0.39, 0.29) is 0 Å². The van der Waals surface area contributed by atoms with Crippen molar-refractivity contribution in [1.29, 1.82) is 0 Å². The molecule has 0 aromatic carbocycles. The Morgan fingerprint density at radius 3 is 2.65 bits per heavy atom. The van der Waals surface area contributed by atoms with Crippen LogP contribution in [0.4, 0.5) is 4.79 Å². The van der Waals surface area contributed by atoms with E-state index in [1.807, 2.05) is 7.05 Å². The van der Waals surface area contributed by atoms with E-state index in [9.17, 15) is 14.7 Å². The first kappa shape index (κ1) is 15.1. The summed E-state index contributed by atoms with van der Waals surface area (Å²) < 4.78 is 5.17. The molecule has 2 aliphatic heterocycles. The van der Waals surface area contributed by atoms with Gasteiger partial charge in [0.2, 0.25) is 0 Å². The summed E-state index contributed by atoms with van der Waals surface area (Å²) in [6.45, 7) is 2.31. The number of hydrogen-bond acceptors (Lipinski definition) is 4. The van der Waals surface area contributed by atoms with Crippen molar-refractivity contribution >= 4 is 12.0 Å². The van der Waals surface area contributed by atoms with Crippen LogP contribution in [0.25, 0.3) is 0 Å². The van der Waals surface area contributed by atoms with E-state index in [0.717, 1.165) is 19.4 Å². The Morgan fingerprint density at radius 2 is 2.10 bits per heavy atom. The zero-order valence-corrected chi connectivity index (χ0v) is 11.9. The lowest BCUT2D eigenvalue weighted by molar-refractivity contribution is -0.148. The first-order valence-electron chi connectivity index (χ1n) is 7.11. The first-order valence-corrected chi connectivity index (χ1v) is 7.11. The lowest BCUT2D eigenvalue weighted by Gasteiger charge is -2.34. The molecule has 20 heavy (non-hydrogen) atoms. The second-order valence-electron chi connectivity index (χ2n) is 5.61. The molecule has 2 amide bonds. The standard InChI is InChI=1S/C13H23N3O4/c1-16-6-2-3-10(16)9-14-12(19)15-13(11(17)18)4-7-20-8-5-13/h10H,2-9H2,1H3,(H,17,18)(H2,14,15,19).